The van der Waals surface area contributed by atoms with Gasteiger partial charge in [-0.05, 0) is 13.0 Å². The summed E-state index contributed by atoms with van der Waals surface area (Å²) in [6, 6.07) is 1.68. The summed E-state index contributed by atoms with van der Waals surface area (Å²) in [6.07, 6.45) is 1.16. The summed E-state index contributed by atoms with van der Waals surface area (Å²) in [7, 11) is 0. The van der Waals surface area contributed by atoms with E-state index in [-0.39, 0.29) is 5.75 Å². The van der Waals surface area contributed by atoms with E-state index in [2.05, 4.69) is 15.2 Å². The molecule has 0 bridgehead atoms. The molecule has 0 amide bonds. The molecule has 112 valence electrons. The Kier molecular flexibility index (Phi) is 3.32. The lowest BCUT2D eigenvalue weighted by Crippen LogP contribution is -2.39. The lowest BCUT2D eigenvalue weighted by Gasteiger charge is -2.37. The van der Waals surface area contributed by atoms with Gasteiger partial charge in [0, 0.05) is 31.5 Å². The molecular weight excluding hydrogens is 274 g/mol. The number of hydrogen-bond donors (Lipinski definition) is 3. The first-order valence-electron chi connectivity index (χ1n) is 6.91. The van der Waals surface area contributed by atoms with E-state index >= 15 is 0 Å². The average molecular weight is 291 g/mol. The fraction of sp³-hybridized carbons (Fsp3) is 0.429. The van der Waals surface area contributed by atoms with Crippen LogP contribution in [0.4, 0.5) is 5.69 Å². The van der Waals surface area contributed by atoms with Crippen molar-refractivity contribution in [2.24, 2.45) is 10.3 Å². The minimum Gasteiger partial charge on any atom is -0.504 e. The molecule has 1 aromatic carbocycles. The van der Waals surface area contributed by atoms with E-state index in [1.54, 1.807) is 6.07 Å². The van der Waals surface area contributed by atoms with E-state index in [4.69, 9.17) is 4.74 Å². The highest BCUT2D eigenvalue weighted by atomic mass is 16.5. The molecule has 3 rings (SSSR count). The third-order valence-electron chi connectivity index (χ3n) is 3.93. The number of oxime groups is 2. The molecule has 1 aromatic rings. The van der Waals surface area contributed by atoms with Crippen LogP contribution in [-0.2, 0) is 0 Å². The van der Waals surface area contributed by atoms with E-state index in [1.165, 1.54) is 0 Å². The number of benzene rings is 1. The van der Waals surface area contributed by atoms with Crippen LogP contribution in [0.5, 0.6) is 11.5 Å². The number of ether oxygens (including phenoxy) is 1. The van der Waals surface area contributed by atoms with E-state index in [9.17, 15) is 15.5 Å². The van der Waals surface area contributed by atoms with E-state index in [0.717, 1.165) is 5.69 Å². The summed E-state index contributed by atoms with van der Waals surface area (Å²) in [5.41, 5.74) is 2.88. The van der Waals surface area contributed by atoms with Crippen LogP contribution >= 0.6 is 0 Å². The minimum absolute atomic E-state index is 0.0349. The van der Waals surface area contributed by atoms with Crippen molar-refractivity contribution in [3.8, 4) is 11.5 Å². The molecule has 0 aliphatic carbocycles. The van der Waals surface area contributed by atoms with Crippen LogP contribution in [0.25, 0.3) is 0 Å². The largest absolute Gasteiger partial charge is 0.504 e. The van der Waals surface area contributed by atoms with Gasteiger partial charge in [-0.1, -0.05) is 10.3 Å². The van der Waals surface area contributed by atoms with Crippen LogP contribution in [0, 0.1) is 0 Å². The Balaban J connectivity index is 2.31. The third-order valence-corrected chi connectivity index (χ3v) is 3.93. The highest BCUT2D eigenvalue weighted by molar-refractivity contribution is 6.17. The van der Waals surface area contributed by atoms with Crippen molar-refractivity contribution in [3.63, 3.8) is 0 Å². The van der Waals surface area contributed by atoms with Crippen LogP contribution in [0.3, 0.4) is 0 Å². The van der Waals surface area contributed by atoms with Crippen LogP contribution < -0.4 is 9.64 Å². The Hall–Kier alpha value is -2.44. The monoisotopic (exact) mass is 291 g/mol. The molecule has 7 nitrogen and oxygen atoms in total. The lowest BCUT2D eigenvalue weighted by atomic mass is 9.88. The second-order valence-electron chi connectivity index (χ2n) is 5.01. The fourth-order valence-electron chi connectivity index (χ4n) is 3.01. The normalized spacial score (nSPS) is 20.7. The lowest BCUT2D eigenvalue weighted by molar-refractivity contribution is 0.312. The Morgan fingerprint density at radius 2 is 1.86 bits per heavy atom. The maximum atomic E-state index is 10.4. The molecular formula is C14H17N3O4. The van der Waals surface area contributed by atoms with Crippen LogP contribution in [0.2, 0.25) is 0 Å². The summed E-state index contributed by atoms with van der Waals surface area (Å²) in [6.45, 7) is 3.61. The highest BCUT2D eigenvalue weighted by Crippen LogP contribution is 2.45. The van der Waals surface area contributed by atoms with Crippen molar-refractivity contribution in [3.05, 3.63) is 17.2 Å². The Morgan fingerprint density at radius 1 is 1.19 bits per heavy atom. The SMILES string of the molecule is CCOc1cc2c3c(c1O)C(=NO)CCN3CCC2=NO. The van der Waals surface area contributed by atoms with Gasteiger partial charge < -0.3 is 25.2 Å². The van der Waals surface area contributed by atoms with Crippen molar-refractivity contribution < 1.29 is 20.3 Å². The topological polar surface area (TPSA) is 97.9 Å². The quantitative estimate of drug-likeness (QED) is 0.570. The zero-order valence-corrected chi connectivity index (χ0v) is 11.7. The van der Waals surface area contributed by atoms with Gasteiger partial charge in [0.05, 0.1) is 29.3 Å². The van der Waals surface area contributed by atoms with Gasteiger partial charge in [0.15, 0.2) is 11.5 Å². The maximum Gasteiger partial charge on any atom is 0.169 e. The number of aromatic hydroxyl groups is 1. The number of rotatable bonds is 2. The molecule has 0 saturated heterocycles. The Morgan fingerprint density at radius 3 is 2.48 bits per heavy atom. The molecule has 0 atom stereocenters. The van der Waals surface area contributed by atoms with Crippen LogP contribution in [0.1, 0.15) is 30.9 Å². The molecule has 0 unspecified atom stereocenters. The first kappa shape index (κ1) is 13.5. The number of hydrogen-bond acceptors (Lipinski definition) is 7. The molecule has 21 heavy (non-hydrogen) atoms. The van der Waals surface area contributed by atoms with Crippen molar-refractivity contribution in [1.29, 1.82) is 0 Å². The summed E-state index contributed by atoms with van der Waals surface area (Å²) in [4.78, 5) is 2.10. The highest BCUT2D eigenvalue weighted by Gasteiger charge is 2.34. The Labute approximate surface area is 121 Å². The van der Waals surface area contributed by atoms with Crippen molar-refractivity contribution in [1.82, 2.24) is 0 Å². The smallest absolute Gasteiger partial charge is 0.169 e. The fourth-order valence-corrected chi connectivity index (χ4v) is 3.01. The second kappa shape index (κ2) is 5.16. The maximum absolute atomic E-state index is 10.4. The first-order valence-corrected chi connectivity index (χ1v) is 6.91. The number of phenols is 1. The molecule has 0 spiro atoms. The van der Waals surface area contributed by atoms with Gasteiger partial charge in [-0.2, -0.15) is 0 Å². The molecule has 0 saturated carbocycles. The van der Waals surface area contributed by atoms with Gasteiger partial charge in [-0.3, -0.25) is 0 Å². The van der Waals surface area contributed by atoms with Crippen LogP contribution in [-0.4, -0.2) is 46.6 Å². The van der Waals surface area contributed by atoms with E-state index in [1.807, 2.05) is 6.92 Å². The minimum atomic E-state index is -0.0349. The van der Waals surface area contributed by atoms with E-state index in [0.29, 0.717) is 60.8 Å². The molecule has 7 heteroatoms. The molecule has 0 radical (unpaired) electrons. The average Bonchev–Trinajstić information content (AvgIpc) is 2.51. The predicted molar refractivity (Wildman–Crippen MR) is 77.4 cm³/mol. The second-order valence-corrected chi connectivity index (χ2v) is 5.01. The zero-order chi connectivity index (χ0) is 15.0. The van der Waals surface area contributed by atoms with Gasteiger partial charge in [0.2, 0.25) is 0 Å². The summed E-state index contributed by atoms with van der Waals surface area (Å²) < 4.78 is 5.45. The predicted octanol–water partition coefficient (Wildman–Crippen LogP) is 1.76. The van der Waals surface area contributed by atoms with Gasteiger partial charge in [0.25, 0.3) is 0 Å². The number of phenolic OH excluding ortho intramolecular Hbond substituents is 1. The van der Waals surface area contributed by atoms with Crippen LogP contribution in [0.15, 0.2) is 16.4 Å². The van der Waals surface area contributed by atoms with Crippen molar-refractivity contribution in [2.75, 3.05) is 24.6 Å². The van der Waals surface area contributed by atoms with Gasteiger partial charge in [0.1, 0.15) is 0 Å². The summed E-state index contributed by atoms with van der Waals surface area (Å²) in [5, 5.41) is 35.5. The third kappa shape index (κ3) is 1.96. The van der Waals surface area contributed by atoms with Gasteiger partial charge in [-0.15, -0.1) is 0 Å². The van der Waals surface area contributed by atoms with E-state index < -0.39 is 0 Å². The molecule has 0 aromatic heterocycles. The molecule has 0 fully saturated rings. The van der Waals surface area contributed by atoms with Gasteiger partial charge in [-0.25, -0.2) is 0 Å². The molecule has 2 aliphatic rings. The van der Waals surface area contributed by atoms with Gasteiger partial charge >= 0.3 is 0 Å². The number of anilines is 1. The standard InChI is InChI=1S/C14H17N3O4/c1-2-21-11-7-8-9(15-19)3-5-17-6-4-10(16-20)12(13(8)17)14(11)18/h7,18-20H,2-6H2,1H3. The molecule has 2 aliphatic heterocycles. The first-order chi connectivity index (χ1) is 10.2. The van der Waals surface area contributed by atoms with Crippen molar-refractivity contribution in [2.45, 2.75) is 19.8 Å². The molecule has 2 heterocycles. The summed E-state index contributed by atoms with van der Waals surface area (Å²) >= 11 is 0. The zero-order valence-electron chi connectivity index (χ0n) is 11.7. The molecule has 3 N–H and O–H groups in total. The van der Waals surface area contributed by atoms with Crippen molar-refractivity contribution >= 4 is 17.1 Å². The summed E-state index contributed by atoms with van der Waals surface area (Å²) in [5.74, 6) is 0.268. The Bertz CT molecular complexity index is 638. The number of nitrogens with zero attached hydrogens (tertiary/aromatic N) is 3.